The van der Waals surface area contributed by atoms with Crippen molar-refractivity contribution in [2.24, 2.45) is 11.8 Å². The molecule has 0 amide bonds. The smallest absolute Gasteiger partial charge is 0.449 e. The third-order valence-corrected chi connectivity index (χ3v) is 8.14. The van der Waals surface area contributed by atoms with Crippen LogP contribution in [0.3, 0.4) is 0 Å². The van der Waals surface area contributed by atoms with E-state index in [9.17, 15) is 22.8 Å². The van der Waals surface area contributed by atoms with Crippen LogP contribution in [0.5, 0.6) is 17.2 Å². The van der Waals surface area contributed by atoms with E-state index in [1.54, 1.807) is 13.0 Å². The van der Waals surface area contributed by atoms with E-state index in [0.29, 0.717) is 23.7 Å². The summed E-state index contributed by atoms with van der Waals surface area (Å²) in [6.45, 7) is 17.3. The molecular weight excluding hydrogens is 655 g/mol. The van der Waals surface area contributed by atoms with Gasteiger partial charge in [-0.05, 0) is 77.3 Å². The molecule has 0 bridgehead atoms. The van der Waals surface area contributed by atoms with Crippen LogP contribution >= 0.6 is 11.6 Å². The summed E-state index contributed by atoms with van der Waals surface area (Å²) in [6, 6.07) is 14.7. The van der Waals surface area contributed by atoms with E-state index < -0.39 is 29.1 Å². The minimum atomic E-state index is -5.09. The predicted molar refractivity (Wildman–Crippen MR) is 189 cm³/mol. The molecule has 10 heteroatoms. The van der Waals surface area contributed by atoms with Gasteiger partial charge in [0.15, 0.2) is 0 Å². The summed E-state index contributed by atoms with van der Waals surface area (Å²) in [4.78, 5) is 28.9. The van der Waals surface area contributed by atoms with E-state index >= 15 is 0 Å². The van der Waals surface area contributed by atoms with Gasteiger partial charge < -0.3 is 13.9 Å². The van der Waals surface area contributed by atoms with Gasteiger partial charge in [-0.25, -0.2) is 4.79 Å². The number of esters is 1. The number of alkyl halides is 3. The van der Waals surface area contributed by atoms with Crippen molar-refractivity contribution < 1.29 is 31.9 Å². The molecule has 0 spiro atoms. The number of aryl methyl sites for hydroxylation is 1. The Labute approximate surface area is 290 Å². The number of ether oxygens (including phenoxy) is 2. The minimum absolute atomic E-state index is 0.00954. The van der Waals surface area contributed by atoms with Gasteiger partial charge in [0.05, 0.1) is 10.9 Å². The Morgan fingerprint density at radius 2 is 1.59 bits per heavy atom. The van der Waals surface area contributed by atoms with E-state index in [0.717, 1.165) is 11.1 Å². The zero-order valence-corrected chi connectivity index (χ0v) is 29.9. The highest BCUT2D eigenvalue weighted by atomic mass is 35.5. The van der Waals surface area contributed by atoms with Gasteiger partial charge in [-0.2, -0.15) is 13.2 Å². The molecule has 0 aliphatic rings. The highest BCUT2D eigenvalue weighted by Gasteiger charge is 2.41. The van der Waals surface area contributed by atoms with Crippen molar-refractivity contribution in [3.63, 3.8) is 0 Å². The summed E-state index contributed by atoms with van der Waals surface area (Å²) < 4.78 is 60.6. The second kappa shape index (κ2) is 15.2. The molecule has 0 fully saturated rings. The Hall–Kier alpha value is -4.08. The van der Waals surface area contributed by atoms with Crippen LogP contribution in [-0.2, 0) is 22.9 Å². The maximum atomic E-state index is 14.6. The molecular formula is C39H43ClF3NO5. The van der Waals surface area contributed by atoms with Gasteiger partial charge in [0, 0.05) is 30.7 Å². The number of carbonyl (C=O) groups excluding carboxylic acids is 1. The fourth-order valence-corrected chi connectivity index (χ4v) is 5.58. The van der Waals surface area contributed by atoms with Crippen LogP contribution in [0.25, 0.3) is 17.0 Å². The highest BCUT2D eigenvalue weighted by molar-refractivity contribution is 6.31. The van der Waals surface area contributed by atoms with Crippen LogP contribution in [0.15, 0.2) is 69.9 Å². The predicted octanol–water partition coefficient (Wildman–Crippen LogP) is 10.6. The van der Waals surface area contributed by atoms with Gasteiger partial charge in [0.25, 0.3) is 5.76 Å². The lowest BCUT2D eigenvalue weighted by molar-refractivity contribution is -0.154. The van der Waals surface area contributed by atoms with Gasteiger partial charge in [0.1, 0.15) is 17.1 Å². The lowest BCUT2D eigenvalue weighted by Crippen LogP contribution is -2.31. The summed E-state index contributed by atoms with van der Waals surface area (Å²) in [5, 5.41) is 0.244. The molecule has 0 aliphatic heterocycles. The van der Waals surface area contributed by atoms with Crippen molar-refractivity contribution in [2.45, 2.75) is 73.5 Å². The first-order valence-corrected chi connectivity index (χ1v) is 16.6. The van der Waals surface area contributed by atoms with Crippen molar-refractivity contribution >= 4 is 34.6 Å². The van der Waals surface area contributed by atoms with Gasteiger partial charge in [0.2, 0.25) is 11.2 Å². The molecule has 49 heavy (non-hydrogen) atoms. The number of hydrogen-bond donors (Lipinski definition) is 0. The van der Waals surface area contributed by atoms with Gasteiger partial charge >= 0.3 is 12.1 Å². The zero-order chi connectivity index (χ0) is 36.3. The maximum Gasteiger partial charge on any atom is 0.453 e. The molecule has 4 rings (SSSR count). The molecule has 4 aromatic rings. The van der Waals surface area contributed by atoms with Gasteiger partial charge in [-0.3, -0.25) is 9.69 Å². The molecule has 0 N–H and O–H groups in total. The fourth-order valence-electron chi connectivity index (χ4n) is 5.46. The molecule has 3 aromatic carbocycles. The second-order valence-corrected chi connectivity index (χ2v) is 14.5. The molecule has 0 saturated carbocycles. The zero-order valence-electron chi connectivity index (χ0n) is 29.1. The normalized spacial score (nSPS) is 12.6. The maximum absolute atomic E-state index is 14.6. The second-order valence-electron chi connectivity index (χ2n) is 14.1. The summed E-state index contributed by atoms with van der Waals surface area (Å²) >= 11 is 6.08. The molecule has 0 atom stereocenters. The fraction of sp³-hybridized carbons (Fsp3) is 0.385. The molecule has 0 saturated heterocycles. The molecule has 6 nitrogen and oxygen atoms in total. The minimum Gasteiger partial charge on any atom is -0.449 e. The van der Waals surface area contributed by atoms with Crippen LogP contribution in [0.2, 0.25) is 5.02 Å². The van der Waals surface area contributed by atoms with Crippen molar-refractivity contribution in [3.8, 4) is 17.2 Å². The monoisotopic (exact) mass is 697 g/mol. The number of nitrogens with zero attached hydrogens (tertiary/aromatic N) is 1. The Kier molecular flexibility index (Phi) is 11.7. The lowest BCUT2D eigenvalue weighted by atomic mass is 9.87. The SMILES string of the molecule is Cc1cc(Oc2c(C(F)(F)F)oc3c(CN(CC(C)C)CC(C)C)c(OC(=O)/C=C/c4ccc(C(C)(C)C)cc4)ccc3c2=O)ccc1Cl. The van der Waals surface area contributed by atoms with E-state index in [1.165, 1.54) is 36.4 Å². The molecule has 1 heterocycles. The van der Waals surface area contributed by atoms with Crippen LogP contribution in [0, 0.1) is 18.8 Å². The van der Waals surface area contributed by atoms with Gasteiger partial charge in [-0.15, -0.1) is 0 Å². The summed E-state index contributed by atoms with van der Waals surface area (Å²) in [6.07, 6.45) is -2.24. The van der Waals surface area contributed by atoms with Crippen molar-refractivity contribution in [3.05, 3.63) is 104 Å². The standard InChI is InChI=1S/C39H43ClF3NO5/c1-23(2)20-44(21-24(3)4)22-30-32(48-33(45)18-11-26-9-12-27(13-10-26)38(6,7)8)17-15-29-34(46)36(37(39(41,42)43)49-35(29)30)47-28-14-16-31(40)25(5)19-28/h9-19,23-24H,20-22H2,1-8H3/b18-11+. The quantitative estimate of drug-likeness (QED) is 0.0883. The van der Waals surface area contributed by atoms with E-state index in [-0.39, 0.29) is 51.8 Å². The lowest BCUT2D eigenvalue weighted by Gasteiger charge is -2.27. The van der Waals surface area contributed by atoms with Gasteiger partial charge in [-0.1, -0.05) is 84.3 Å². The van der Waals surface area contributed by atoms with E-state index in [1.807, 2.05) is 56.9 Å². The van der Waals surface area contributed by atoms with Crippen LogP contribution in [-0.4, -0.2) is 24.0 Å². The third-order valence-electron chi connectivity index (χ3n) is 7.71. The first-order chi connectivity index (χ1) is 22.8. The highest BCUT2D eigenvalue weighted by Crippen LogP contribution is 2.41. The molecule has 0 aliphatic carbocycles. The number of carbonyl (C=O) groups is 1. The molecule has 0 radical (unpaired) electrons. The number of hydrogen-bond acceptors (Lipinski definition) is 6. The van der Waals surface area contributed by atoms with Crippen LogP contribution < -0.4 is 14.9 Å². The Bertz CT molecular complexity index is 1880. The third kappa shape index (κ3) is 9.76. The number of benzene rings is 3. The summed E-state index contributed by atoms with van der Waals surface area (Å²) in [5.74, 6) is -2.93. The Morgan fingerprint density at radius 1 is 0.959 bits per heavy atom. The van der Waals surface area contributed by atoms with Crippen molar-refractivity contribution in [2.75, 3.05) is 13.1 Å². The largest absolute Gasteiger partial charge is 0.453 e. The Morgan fingerprint density at radius 3 is 2.14 bits per heavy atom. The van der Waals surface area contributed by atoms with Crippen molar-refractivity contribution in [1.82, 2.24) is 4.90 Å². The summed E-state index contributed by atoms with van der Waals surface area (Å²) in [5.41, 5.74) is 1.23. The van der Waals surface area contributed by atoms with Crippen LogP contribution in [0.1, 0.15) is 76.5 Å². The first kappa shape index (κ1) is 37.7. The Balaban J connectivity index is 1.83. The van der Waals surface area contributed by atoms with E-state index in [4.69, 9.17) is 25.5 Å². The van der Waals surface area contributed by atoms with Crippen LogP contribution in [0.4, 0.5) is 13.2 Å². The molecule has 1 aromatic heterocycles. The first-order valence-electron chi connectivity index (χ1n) is 16.2. The molecule has 0 unspecified atom stereocenters. The molecule has 262 valence electrons. The topological polar surface area (TPSA) is 69.0 Å². The number of fused-ring (bicyclic) bond motifs is 1. The summed E-state index contributed by atoms with van der Waals surface area (Å²) in [7, 11) is 0. The average Bonchev–Trinajstić information content (AvgIpc) is 2.99. The van der Waals surface area contributed by atoms with Crippen molar-refractivity contribution in [1.29, 1.82) is 0 Å². The average molecular weight is 698 g/mol. The van der Waals surface area contributed by atoms with E-state index in [2.05, 4.69) is 20.8 Å². The number of halogens is 4. The number of rotatable bonds is 11.